The maximum atomic E-state index is 5.63. The van der Waals surface area contributed by atoms with Crippen LogP contribution < -0.4 is 15.0 Å². The van der Waals surface area contributed by atoms with E-state index in [0.717, 1.165) is 25.3 Å². The van der Waals surface area contributed by atoms with E-state index in [2.05, 4.69) is 57.1 Å². The van der Waals surface area contributed by atoms with Crippen molar-refractivity contribution in [3.05, 3.63) is 23.3 Å². The van der Waals surface area contributed by atoms with E-state index < -0.39 is 0 Å². The van der Waals surface area contributed by atoms with Gasteiger partial charge in [-0.05, 0) is 50.8 Å². The van der Waals surface area contributed by atoms with Crippen LogP contribution >= 0.6 is 0 Å². The number of nitrogens with zero attached hydrogens (tertiary/aromatic N) is 1. The monoisotopic (exact) mass is 290 g/mol. The van der Waals surface area contributed by atoms with Gasteiger partial charge in [0.2, 0.25) is 0 Å². The van der Waals surface area contributed by atoms with Gasteiger partial charge in [0, 0.05) is 36.4 Å². The summed E-state index contributed by atoms with van der Waals surface area (Å²) in [6.45, 7) is 11.1. The minimum absolute atomic E-state index is 0.194. The fourth-order valence-electron chi connectivity index (χ4n) is 3.37. The van der Waals surface area contributed by atoms with Crippen LogP contribution in [-0.4, -0.2) is 26.2 Å². The third kappa shape index (κ3) is 3.18. The maximum Gasteiger partial charge on any atom is 0.125 e. The largest absolute Gasteiger partial charge is 0.496 e. The van der Waals surface area contributed by atoms with Gasteiger partial charge in [-0.1, -0.05) is 13.8 Å². The number of nitrogens with one attached hydrogen (secondary N) is 1. The highest BCUT2D eigenvalue weighted by Crippen LogP contribution is 2.44. The van der Waals surface area contributed by atoms with Gasteiger partial charge in [-0.3, -0.25) is 0 Å². The van der Waals surface area contributed by atoms with Crippen molar-refractivity contribution >= 4 is 5.69 Å². The smallest absolute Gasteiger partial charge is 0.125 e. The number of benzene rings is 1. The second kappa shape index (κ2) is 6.27. The van der Waals surface area contributed by atoms with Crippen LogP contribution in [0.3, 0.4) is 0 Å². The first-order valence-electron chi connectivity index (χ1n) is 8.06. The lowest BCUT2D eigenvalue weighted by molar-refractivity contribution is 0.387. The molecule has 0 aliphatic carbocycles. The highest BCUT2D eigenvalue weighted by atomic mass is 16.5. The summed E-state index contributed by atoms with van der Waals surface area (Å²) in [5, 5.41) is 3.48. The second-order valence-corrected chi connectivity index (χ2v) is 6.88. The molecule has 1 aromatic carbocycles. The lowest BCUT2D eigenvalue weighted by Crippen LogP contribution is -2.45. The Kier molecular flexibility index (Phi) is 4.82. The summed E-state index contributed by atoms with van der Waals surface area (Å²) in [6, 6.07) is 4.56. The summed E-state index contributed by atoms with van der Waals surface area (Å²) in [4.78, 5) is 2.40. The Morgan fingerprint density at radius 1 is 1.38 bits per heavy atom. The van der Waals surface area contributed by atoms with E-state index >= 15 is 0 Å². The SMILES string of the molecule is CCCNCc1cc2c(cc1OC)N(C)C(C)(C)C[C@H]2C. The molecule has 0 saturated carbocycles. The summed E-state index contributed by atoms with van der Waals surface area (Å²) in [5.74, 6) is 1.58. The van der Waals surface area contributed by atoms with Crippen LogP contribution in [0.5, 0.6) is 5.75 Å². The van der Waals surface area contributed by atoms with Crippen molar-refractivity contribution < 1.29 is 4.74 Å². The first kappa shape index (κ1) is 16.2. The molecule has 3 nitrogen and oxygen atoms in total. The molecule has 0 saturated heterocycles. The van der Waals surface area contributed by atoms with Crippen molar-refractivity contribution in [3.63, 3.8) is 0 Å². The molecule has 1 atom stereocenters. The van der Waals surface area contributed by atoms with Gasteiger partial charge in [0.25, 0.3) is 0 Å². The van der Waals surface area contributed by atoms with Gasteiger partial charge in [0.15, 0.2) is 0 Å². The molecule has 0 fully saturated rings. The first-order valence-corrected chi connectivity index (χ1v) is 8.06. The fraction of sp³-hybridized carbons (Fsp3) is 0.667. The van der Waals surface area contributed by atoms with Crippen LogP contribution in [0.4, 0.5) is 5.69 Å². The summed E-state index contributed by atoms with van der Waals surface area (Å²) in [6.07, 6.45) is 2.34. The third-order valence-corrected chi connectivity index (χ3v) is 4.78. The Bertz CT molecular complexity index is 496. The van der Waals surface area contributed by atoms with E-state index in [1.54, 1.807) is 7.11 Å². The van der Waals surface area contributed by atoms with Gasteiger partial charge in [-0.25, -0.2) is 0 Å². The first-order chi connectivity index (χ1) is 9.90. The molecule has 0 spiro atoms. The van der Waals surface area contributed by atoms with Crippen molar-refractivity contribution in [2.75, 3.05) is 25.6 Å². The normalized spacial score (nSPS) is 20.3. The van der Waals surface area contributed by atoms with E-state index in [1.165, 1.54) is 23.2 Å². The highest BCUT2D eigenvalue weighted by Gasteiger charge is 2.34. The third-order valence-electron chi connectivity index (χ3n) is 4.78. The van der Waals surface area contributed by atoms with Crippen LogP contribution in [-0.2, 0) is 6.54 Å². The number of ether oxygens (including phenoxy) is 1. The van der Waals surface area contributed by atoms with Gasteiger partial charge in [-0.15, -0.1) is 0 Å². The molecule has 0 unspecified atom stereocenters. The summed E-state index contributed by atoms with van der Waals surface area (Å²) in [7, 11) is 3.96. The predicted molar refractivity (Wildman–Crippen MR) is 90.5 cm³/mol. The molecule has 1 N–H and O–H groups in total. The van der Waals surface area contributed by atoms with Gasteiger partial charge >= 0.3 is 0 Å². The number of anilines is 1. The number of fused-ring (bicyclic) bond motifs is 1. The van der Waals surface area contributed by atoms with Crippen LogP contribution in [0.1, 0.15) is 57.6 Å². The van der Waals surface area contributed by atoms with E-state index in [0.29, 0.717) is 5.92 Å². The fourth-order valence-corrected chi connectivity index (χ4v) is 3.37. The highest BCUT2D eigenvalue weighted by molar-refractivity contribution is 5.63. The average molecular weight is 290 g/mol. The topological polar surface area (TPSA) is 24.5 Å². The molecule has 0 bridgehead atoms. The van der Waals surface area contributed by atoms with Gasteiger partial charge in [0.05, 0.1) is 7.11 Å². The predicted octanol–water partition coefficient (Wildman–Crippen LogP) is 3.92. The zero-order valence-corrected chi connectivity index (χ0v) is 14.4. The number of rotatable bonds is 5. The lowest BCUT2D eigenvalue weighted by Gasteiger charge is -2.45. The summed E-state index contributed by atoms with van der Waals surface area (Å²) in [5.41, 5.74) is 4.23. The van der Waals surface area contributed by atoms with Crippen molar-refractivity contribution in [1.82, 2.24) is 5.32 Å². The van der Waals surface area contributed by atoms with E-state index in [1.807, 2.05) is 0 Å². The van der Waals surface area contributed by atoms with E-state index in [-0.39, 0.29) is 5.54 Å². The zero-order chi connectivity index (χ0) is 15.6. The Morgan fingerprint density at radius 2 is 2.10 bits per heavy atom. The molecule has 0 amide bonds. The van der Waals surface area contributed by atoms with Crippen molar-refractivity contribution in [2.45, 2.75) is 58.5 Å². The summed E-state index contributed by atoms with van der Waals surface area (Å²) < 4.78 is 5.63. The molecule has 1 aliphatic rings. The minimum Gasteiger partial charge on any atom is -0.496 e. The number of hydrogen-bond acceptors (Lipinski definition) is 3. The zero-order valence-electron chi connectivity index (χ0n) is 14.4. The molecule has 3 heteroatoms. The van der Waals surface area contributed by atoms with Gasteiger partial charge in [-0.2, -0.15) is 0 Å². The van der Waals surface area contributed by atoms with Crippen LogP contribution in [0.15, 0.2) is 12.1 Å². The Balaban J connectivity index is 2.38. The minimum atomic E-state index is 0.194. The van der Waals surface area contributed by atoms with Crippen LogP contribution in [0, 0.1) is 0 Å². The Labute approximate surface area is 129 Å². The van der Waals surface area contributed by atoms with Crippen LogP contribution in [0.2, 0.25) is 0 Å². The average Bonchev–Trinajstić information content (AvgIpc) is 2.44. The molecular formula is C18H30N2O. The summed E-state index contributed by atoms with van der Waals surface area (Å²) >= 11 is 0. The van der Waals surface area contributed by atoms with Crippen molar-refractivity contribution in [1.29, 1.82) is 0 Å². The molecule has 1 heterocycles. The molecule has 2 rings (SSSR count). The second-order valence-electron chi connectivity index (χ2n) is 6.88. The standard InChI is InChI=1S/C18H30N2O/c1-7-8-19-12-14-9-15-13(2)11-18(3,4)20(5)16(15)10-17(14)21-6/h9-10,13,19H,7-8,11-12H2,1-6H3/t13-/m1/s1. The molecule has 118 valence electrons. The van der Waals surface area contributed by atoms with E-state index in [4.69, 9.17) is 4.74 Å². The number of hydrogen-bond donors (Lipinski definition) is 1. The molecule has 1 aliphatic heterocycles. The molecule has 0 aromatic heterocycles. The van der Waals surface area contributed by atoms with E-state index in [9.17, 15) is 0 Å². The van der Waals surface area contributed by atoms with Crippen molar-refractivity contribution in [3.8, 4) is 5.75 Å². The van der Waals surface area contributed by atoms with Gasteiger partial charge < -0.3 is 15.0 Å². The van der Waals surface area contributed by atoms with Gasteiger partial charge in [0.1, 0.15) is 5.75 Å². The maximum absolute atomic E-state index is 5.63. The number of methoxy groups -OCH3 is 1. The molecule has 0 radical (unpaired) electrons. The van der Waals surface area contributed by atoms with Crippen LogP contribution in [0.25, 0.3) is 0 Å². The molecule has 21 heavy (non-hydrogen) atoms. The quantitative estimate of drug-likeness (QED) is 0.832. The molecule has 1 aromatic rings. The lowest BCUT2D eigenvalue weighted by atomic mass is 9.80. The van der Waals surface area contributed by atoms with Crippen molar-refractivity contribution in [2.24, 2.45) is 0 Å². The molecular weight excluding hydrogens is 260 g/mol. The Hall–Kier alpha value is -1.22. The Morgan fingerprint density at radius 3 is 2.71 bits per heavy atom.